The second kappa shape index (κ2) is 7.21. The summed E-state index contributed by atoms with van der Waals surface area (Å²) >= 11 is 0. The molecule has 1 aliphatic rings. The summed E-state index contributed by atoms with van der Waals surface area (Å²) in [6, 6.07) is 12.4. The Morgan fingerprint density at radius 2 is 1.72 bits per heavy atom. The predicted molar refractivity (Wildman–Crippen MR) is 111 cm³/mol. The zero-order valence-corrected chi connectivity index (χ0v) is 15.8. The number of nitrogens with two attached hydrogens (primary N) is 1. The number of anilines is 2. The van der Waals surface area contributed by atoms with Crippen molar-refractivity contribution in [2.45, 2.75) is 6.54 Å². The second-order valence-corrected chi connectivity index (χ2v) is 7.16. The summed E-state index contributed by atoms with van der Waals surface area (Å²) in [5.41, 5.74) is 7.72. The van der Waals surface area contributed by atoms with Crippen LogP contribution in [0.1, 0.15) is 5.82 Å². The molecule has 2 aromatic carbocycles. The topological polar surface area (TPSA) is 84.1 Å². The van der Waals surface area contributed by atoms with Crippen molar-refractivity contribution < 1.29 is 4.39 Å². The molecule has 0 atom stereocenters. The Balaban J connectivity index is 1.32. The van der Waals surface area contributed by atoms with E-state index in [1.165, 1.54) is 18.5 Å². The lowest BCUT2D eigenvalue weighted by atomic mass is 10.2. The van der Waals surface area contributed by atoms with E-state index >= 15 is 0 Å². The average Bonchev–Trinajstić information content (AvgIpc) is 2.74. The molecule has 0 amide bonds. The van der Waals surface area contributed by atoms with Gasteiger partial charge in [0.1, 0.15) is 29.6 Å². The zero-order valence-electron chi connectivity index (χ0n) is 15.8. The average molecular weight is 389 g/mol. The van der Waals surface area contributed by atoms with Crippen LogP contribution in [0.25, 0.3) is 21.8 Å². The number of aromatic nitrogens is 4. The van der Waals surface area contributed by atoms with Crippen molar-refractivity contribution in [3.05, 3.63) is 60.4 Å². The third-order valence-corrected chi connectivity index (χ3v) is 5.29. The molecule has 1 aliphatic heterocycles. The van der Waals surface area contributed by atoms with Crippen LogP contribution in [0, 0.1) is 5.82 Å². The predicted octanol–water partition coefficient (Wildman–Crippen LogP) is 2.62. The van der Waals surface area contributed by atoms with Crippen LogP contribution in [0.4, 0.5) is 16.0 Å². The molecule has 146 valence electrons. The van der Waals surface area contributed by atoms with Gasteiger partial charge in [-0.3, -0.25) is 4.90 Å². The summed E-state index contributed by atoms with van der Waals surface area (Å²) < 4.78 is 13.7. The van der Waals surface area contributed by atoms with Crippen LogP contribution in [-0.2, 0) is 6.54 Å². The normalized spacial score (nSPS) is 15.3. The van der Waals surface area contributed by atoms with Crippen molar-refractivity contribution in [1.29, 1.82) is 0 Å². The first-order valence-electron chi connectivity index (χ1n) is 9.56. The van der Waals surface area contributed by atoms with Crippen LogP contribution in [0.2, 0.25) is 0 Å². The number of piperazine rings is 1. The van der Waals surface area contributed by atoms with Gasteiger partial charge in [-0.25, -0.2) is 24.3 Å². The fourth-order valence-electron chi connectivity index (χ4n) is 3.81. The molecule has 2 aromatic heterocycles. The van der Waals surface area contributed by atoms with Crippen LogP contribution >= 0.6 is 0 Å². The van der Waals surface area contributed by atoms with Crippen LogP contribution < -0.4 is 10.6 Å². The Morgan fingerprint density at radius 3 is 2.59 bits per heavy atom. The van der Waals surface area contributed by atoms with Crippen LogP contribution in [0.5, 0.6) is 0 Å². The minimum Gasteiger partial charge on any atom is -0.383 e. The third kappa shape index (κ3) is 3.42. The van der Waals surface area contributed by atoms with E-state index in [2.05, 4.69) is 29.7 Å². The standard InChI is InChI=1S/C21H20FN7/c22-14-5-6-17-16(11-14)21(25-13-24-17)29-9-7-28(8-10-29)12-19-26-18-4-2-1-3-15(18)20(23)27-19/h1-6,11,13H,7-10,12H2,(H2,23,26,27). The van der Waals surface area contributed by atoms with Crippen molar-refractivity contribution in [2.75, 3.05) is 36.8 Å². The van der Waals surface area contributed by atoms with Gasteiger partial charge in [0.25, 0.3) is 0 Å². The highest BCUT2D eigenvalue weighted by Gasteiger charge is 2.21. The van der Waals surface area contributed by atoms with Crippen molar-refractivity contribution in [2.24, 2.45) is 0 Å². The molecule has 5 rings (SSSR count). The van der Waals surface area contributed by atoms with Gasteiger partial charge in [-0.2, -0.15) is 0 Å². The number of hydrogen-bond donors (Lipinski definition) is 1. The Kier molecular flexibility index (Phi) is 4.40. The fourth-order valence-corrected chi connectivity index (χ4v) is 3.81. The van der Waals surface area contributed by atoms with Gasteiger partial charge >= 0.3 is 0 Å². The second-order valence-electron chi connectivity index (χ2n) is 7.16. The monoisotopic (exact) mass is 389 g/mol. The van der Waals surface area contributed by atoms with Crippen molar-refractivity contribution >= 4 is 33.4 Å². The Bertz CT molecular complexity index is 1190. The van der Waals surface area contributed by atoms with E-state index in [0.717, 1.165) is 59.6 Å². The van der Waals surface area contributed by atoms with Gasteiger partial charge < -0.3 is 10.6 Å². The molecule has 0 radical (unpaired) electrons. The molecule has 4 aromatic rings. The summed E-state index contributed by atoms with van der Waals surface area (Å²) in [4.78, 5) is 22.2. The van der Waals surface area contributed by atoms with E-state index in [1.807, 2.05) is 24.3 Å². The van der Waals surface area contributed by atoms with E-state index in [1.54, 1.807) is 6.07 Å². The summed E-state index contributed by atoms with van der Waals surface area (Å²) in [5, 5.41) is 1.62. The number of fused-ring (bicyclic) bond motifs is 2. The van der Waals surface area contributed by atoms with E-state index in [9.17, 15) is 4.39 Å². The maximum atomic E-state index is 13.7. The quantitative estimate of drug-likeness (QED) is 0.577. The highest BCUT2D eigenvalue weighted by atomic mass is 19.1. The highest BCUT2D eigenvalue weighted by Crippen LogP contribution is 2.25. The van der Waals surface area contributed by atoms with E-state index in [4.69, 9.17) is 5.73 Å². The lowest BCUT2D eigenvalue weighted by Crippen LogP contribution is -2.46. The van der Waals surface area contributed by atoms with Gasteiger partial charge in [0.05, 0.1) is 17.6 Å². The molecule has 29 heavy (non-hydrogen) atoms. The number of benzene rings is 2. The maximum Gasteiger partial charge on any atom is 0.145 e. The van der Waals surface area contributed by atoms with E-state index < -0.39 is 0 Å². The van der Waals surface area contributed by atoms with Crippen molar-refractivity contribution in [3.63, 3.8) is 0 Å². The van der Waals surface area contributed by atoms with E-state index in [0.29, 0.717) is 12.4 Å². The molecule has 0 spiro atoms. The smallest absolute Gasteiger partial charge is 0.145 e. The first-order chi connectivity index (χ1) is 14.2. The molecule has 7 nitrogen and oxygen atoms in total. The lowest BCUT2D eigenvalue weighted by Gasteiger charge is -2.35. The van der Waals surface area contributed by atoms with Crippen LogP contribution in [0.3, 0.4) is 0 Å². The SMILES string of the molecule is Nc1nc(CN2CCN(c3ncnc4ccc(F)cc34)CC2)nc2ccccc12. The molecule has 0 saturated carbocycles. The number of nitrogen functional groups attached to an aromatic ring is 1. The molecule has 3 heterocycles. The Hall–Kier alpha value is -3.39. The molecule has 2 N–H and O–H groups in total. The largest absolute Gasteiger partial charge is 0.383 e. The fraction of sp³-hybridized carbons (Fsp3) is 0.238. The highest BCUT2D eigenvalue weighted by molar-refractivity contribution is 5.89. The molecule has 8 heteroatoms. The maximum absolute atomic E-state index is 13.7. The third-order valence-electron chi connectivity index (χ3n) is 5.29. The van der Waals surface area contributed by atoms with Gasteiger partial charge in [0.2, 0.25) is 0 Å². The van der Waals surface area contributed by atoms with Gasteiger partial charge in [-0.15, -0.1) is 0 Å². The molecule has 0 bridgehead atoms. The molecular weight excluding hydrogens is 369 g/mol. The molecule has 0 unspecified atom stereocenters. The summed E-state index contributed by atoms with van der Waals surface area (Å²) in [6.07, 6.45) is 1.54. The number of para-hydroxylation sites is 1. The Labute approximate surface area is 167 Å². The number of rotatable bonds is 3. The zero-order chi connectivity index (χ0) is 19.8. The summed E-state index contributed by atoms with van der Waals surface area (Å²) in [5.74, 6) is 1.74. The number of nitrogens with zero attached hydrogens (tertiary/aromatic N) is 6. The Morgan fingerprint density at radius 1 is 0.897 bits per heavy atom. The van der Waals surface area contributed by atoms with Crippen molar-refractivity contribution in [1.82, 2.24) is 24.8 Å². The summed E-state index contributed by atoms with van der Waals surface area (Å²) in [7, 11) is 0. The van der Waals surface area contributed by atoms with Crippen molar-refractivity contribution in [3.8, 4) is 0 Å². The van der Waals surface area contributed by atoms with Gasteiger partial charge in [0.15, 0.2) is 0 Å². The minimum absolute atomic E-state index is 0.279. The van der Waals surface area contributed by atoms with Gasteiger partial charge in [0, 0.05) is 37.0 Å². The minimum atomic E-state index is -0.279. The summed E-state index contributed by atoms with van der Waals surface area (Å²) in [6.45, 7) is 3.87. The molecular formula is C21H20FN7. The molecule has 1 fully saturated rings. The molecule has 0 aliphatic carbocycles. The van der Waals surface area contributed by atoms with Gasteiger partial charge in [-0.05, 0) is 30.3 Å². The lowest BCUT2D eigenvalue weighted by molar-refractivity contribution is 0.244. The molecule has 1 saturated heterocycles. The van der Waals surface area contributed by atoms with Crippen LogP contribution in [-0.4, -0.2) is 51.0 Å². The first kappa shape index (κ1) is 17.7. The van der Waals surface area contributed by atoms with E-state index in [-0.39, 0.29) is 5.82 Å². The number of hydrogen-bond acceptors (Lipinski definition) is 7. The first-order valence-corrected chi connectivity index (χ1v) is 9.56. The van der Waals surface area contributed by atoms with Crippen LogP contribution in [0.15, 0.2) is 48.8 Å². The number of halogens is 1. The van der Waals surface area contributed by atoms with Gasteiger partial charge in [-0.1, -0.05) is 12.1 Å².